The van der Waals surface area contributed by atoms with E-state index in [-0.39, 0.29) is 18.9 Å². The van der Waals surface area contributed by atoms with Crippen molar-refractivity contribution >= 4 is 35.6 Å². The van der Waals surface area contributed by atoms with Gasteiger partial charge in [-0.15, -0.1) is 0 Å². The molecule has 16 nitrogen and oxygen atoms in total. The first-order valence-corrected chi connectivity index (χ1v) is 9.31. The summed E-state index contributed by atoms with van der Waals surface area (Å²) in [5, 5.41) is 42.4. The first-order valence-electron chi connectivity index (χ1n) is 9.31. The Morgan fingerprint density at radius 2 is 1.28 bits per heavy atom. The van der Waals surface area contributed by atoms with Crippen molar-refractivity contribution in [2.75, 3.05) is 19.8 Å². The highest BCUT2D eigenvalue weighted by molar-refractivity contribution is 5.94. The van der Waals surface area contributed by atoms with Crippen LogP contribution in [-0.4, -0.2) is 100.0 Å². The highest BCUT2D eigenvalue weighted by Gasteiger charge is 2.30. The molecular formula is C16H29N7O9. The Bertz CT molecular complexity index is 712. The van der Waals surface area contributed by atoms with Crippen molar-refractivity contribution in [3.05, 3.63) is 0 Å². The number of aliphatic carboxylic acids is 2. The van der Waals surface area contributed by atoms with Gasteiger partial charge in [-0.1, -0.05) is 0 Å². The number of carboxylic acid groups (broad SMARTS) is 2. The number of nitrogens with two attached hydrogens (primary N) is 3. The summed E-state index contributed by atoms with van der Waals surface area (Å²) in [5.41, 5.74) is 16.0. The minimum absolute atomic E-state index is 0.125. The number of carbonyl (C=O) groups excluding carboxylic acids is 3. The minimum atomic E-state index is -1.81. The van der Waals surface area contributed by atoms with Crippen LogP contribution in [0.5, 0.6) is 0 Å². The van der Waals surface area contributed by atoms with Gasteiger partial charge in [-0.25, -0.2) is 4.79 Å². The van der Waals surface area contributed by atoms with Crippen LogP contribution in [0.4, 0.5) is 0 Å². The van der Waals surface area contributed by atoms with E-state index >= 15 is 0 Å². The van der Waals surface area contributed by atoms with Crippen molar-refractivity contribution < 1.29 is 44.4 Å². The molecular weight excluding hydrogens is 434 g/mol. The molecule has 182 valence electrons. The summed E-state index contributed by atoms with van der Waals surface area (Å²) >= 11 is 0. The van der Waals surface area contributed by atoms with E-state index < -0.39 is 73.5 Å². The molecule has 0 saturated heterocycles. The second-order valence-corrected chi connectivity index (χ2v) is 6.54. The smallest absolute Gasteiger partial charge is 0.326 e. The Hall–Kier alpha value is -3.50. The van der Waals surface area contributed by atoms with E-state index in [1.807, 2.05) is 10.6 Å². The molecule has 3 amide bonds. The SMILES string of the molecule is NC(N)=NCCCC(N)C(=O)NC(CO)C(=O)NC(CO)C(=O)NC(CC(=O)O)C(=O)O. The Balaban J connectivity index is 4.90. The van der Waals surface area contributed by atoms with Gasteiger partial charge in [-0.05, 0) is 12.8 Å². The van der Waals surface area contributed by atoms with Crippen LogP contribution in [0.1, 0.15) is 19.3 Å². The number of carboxylic acids is 2. The van der Waals surface area contributed by atoms with Gasteiger partial charge in [0.2, 0.25) is 17.7 Å². The molecule has 0 radical (unpaired) electrons. The van der Waals surface area contributed by atoms with Crippen LogP contribution >= 0.6 is 0 Å². The lowest BCUT2D eigenvalue weighted by Gasteiger charge is -2.23. The van der Waals surface area contributed by atoms with Crippen molar-refractivity contribution in [3.63, 3.8) is 0 Å². The average molecular weight is 463 g/mol. The Labute approximate surface area is 182 Å². The number of carbonyl (C=O) groups is 5. The minimum Gasteiger partial charge on any atom is -0.481 e. The second kappa shape index (κ2) is 14.5. The molecule has 13 N–H and O–H groups in total. The van der Waals surface area contributed by atoms with Crippen LogP contribution in [0.15, 0.2) is 4.99 Å². The van der Waals surface area contributed by atoms with Gasteiger partial charge < -0.3 is 53.6 Å². The van der Waals surface area contributed by atoms with Gasteiger partial charge in [0.1, 0.15) is 18.1 Å². The highest BCUT2D eigenvalue weighted by Crippen LogP contribution is 1.98. The molecule has 0 aliphatic rings. The normalized spacial score (nSPS) is 14.2. The van der Waals surface area contributed by atoms with Crippen molar-refractivity contribution in [2.45, 2.75) is 43.4 Å². The average Bonchev–Trinajstić information content (AvgIpc) is 2.71. The number of aliphatic imine (C=N–C) groups is 1. The van der Waals surface area contributed by atoms with Gasteiger partial charge in [0.05, 0.1) is 25.7 Å². The number of aliphatic hydroxyl groups excluding tert-OH is 2. The quantitative estimate of drug-likeness (QED) is 0.0617. The number of amides is 3. The summed E-state index contributed by atoms with van der Waals surface area (Å²) in [7, 11) is 0. The van der Waals surface area contributed by atoms with E-state index in [1.54, 1.807) is 0 Å². The van der Waals surface area contributed by atoms with Gasteiger partial charge in [-0.2, -0.15) is 0 Å². The molecule has 0 fully saturated rings. The van der Waals surface area contributed by atoms with Crippen molar-refractivity contribution in [2.24, 2.45) is 22.2 Å². The van der Waals surface area contributed by atoms with Crippen LogP contribution < -0.4 is 33.2 Å². The fourth-order valence-electron chi connectivity index (χ4n) is 2.24. The summed E-state index contributed by atoms with van der Waals surface area (Å²) in [6.07, 6.45) is -0.426. The summed E-state index contributed by atoms with van der Waals surface area (Å²) in [4.78, 5) is 61.9. The Kier molecular flexibility index (Phi) is 12.9. The Morgan fingerprint density at radius 3 is 1.69 bits per heavy atom. The zero-order chi connectivity index (χ0) is 24.8. The summed E-state index contributed by atoms with van der Waals surface area (Å²) < 4.78 is 0. The number of nitrogens with one attached hydrogen (secondary N) is 3. The van der Waals surface area contributed by atoms with Gasteiger partial charge >= 0.3 is 11.9 Å². The van der Waals surface area contributed by atoms with E-state index in [2.05, 4.69) is 10.3 Å². The molecule has 0 spiro atoms. The largest absolute Gasteiger partial charge is 0.481 e. The highest BCUT2D eigenvalue weighted by atomic mass is 16.4. The third-order valence-electron chi connectivity index (χ3n) is 3.93. The van der Waals surface area contributed by atoms with E-state index in [1.165, 1.54) is 0 Å². The van der Waals surface area contributed by atoms with Crippen LogP contribution in [0.3, 0.4) is 0 Å². The lowest BCUT2D eigenvalue weighted by Crippen LogP contribution is -2.59. The van der Waals surface area contributed by atoms with Gasteiger partial charge in [0.15, 0.2) is 5.96 Å². The van der Waals surface area contributed by atoms with E-state index in [0.717, 1.165) is 0 Å². The molecule has 4 atom stereocenters. The van der Waals surface area contributed by atoms with E-state index in [4.69, 9.17) is 27.4 Å². The monoisotopic (exact) mass is 463 g/mol. The van der Waals surface area contributed by atoms with Gasteiger partial charge in [0.25, 0.3) is 0 Å². The molecule has 0 aliphatic heterocycles. The maximum absolute atomic E-state index is 12.3. The zero-order valence-corrected chi connectivity index (χ0v) is 17.1. The number of guanidine groups is 1. The summed E-state index contributed by atoms with van der Waals surface area (Å²) in [6, 6.07) is -6.09. The van der Waals surface area contributed by atoms with Crippen LogP contribution in [-0.2, 0) is 24.0 Å². The molecule has 4 unspecified atom stereocenters. The Morgan fingerprint density at radius 1 is 0.812 bits per heavy atom. The maximum atomic E-state index is 12.3. The molecule has 0 aromatic heterocycles. The zero-order valence-electron chi connectivity index (χ0n) is 17.1. The van der Waals surface area contributed by atoms with Crippen molar-refractivity contribution in [1.82, 2.24) is 16.0 Å². The van der Waals surface area contributed by atoms with Crippen LogP contribution in [0.2, 0.25) is 0 Å². The van der Waals surface area contributed by atoms with Crippen molar-refractivity contribution in [3.8, 4) is 0 Å². The molecule has 16 heteroatoms. The molecule has 32 heavy (non-hydrogen) atoms. The molecule has 0 bridgehead atoms. The molecule has 0 aliphatic carbocycles. The van der Waals surface area contributed by atoms with Crippen molar-refractivity contribution in [1.29, 1.82) is 0 Å². The third-order valence-corrected chi connectivity index (χ3v) is 3.93. The van der Waals surface area contributed by atoms with Crippen LogP contribution in [0.25, 0.3) is 0 Å². The summed E-state index contributed by atoms with van der Waals surface area (Å²) in [6.45, 7) is -1.64. The molecule has 0 aromatic rings. The second-order valence-electron chi connectivity index (χ2n) is 6.54. The number of rotatable bonds is 15. The third kappa shape index (κ3) is 11.0. The predicted octanol–water partition coefficient (Wildman–Crippen LogP) is -5.63. The molecule has 0 heterocycles. The van der Waals surface area contributed by atoms with Crippen LogP contribution in [0, 0.1) is 0 Å². The fourth-order valence-corrected chi connectivity index (χ4v) is 2.24. The lowest BCUT2D eigenvalue weighted by atomic mass is 10.1. The number of aliphatic hydroxyl groups is 2. The number of nitrogens with zero attached hydrogens (tertiary/aromatic N) is 1. The first kappa shape index (κ1) is 28.5. The molecule has 0 saturated carbocycles. The maximum Gasteiger partial charge on any atom is 0.326 e. The topological polar surface area (TPSA) is 293 Å². The lowest BCUT2D eigenvalue weighted by molar-refractivity contribution is -0.147. The molecule has 0 rings (SSSR count). The van der Waals surface area contributed by atoms with Gasteiger partial charge in [0, 0.05) is 6.54 Å². The number of hydrogen-bond acceptors (Lipinski definition) is 9. The van der Waals surface area contributed by atoms with E-state index in [9.17, 15) is 34.2 Å². The fraction of sp³-hybridized carbons (Fsp3) is 0.625. The first-order chi connectivity index (χ1) is 14.9. The van der Waals surface area contributed by atoms with Gasteiger partial charge in [-0.3, -0.25) is 24.2 Å². The number of hydrogen-bond donors (Lipinski definition) is 10. The summed E-state index contributed by atoms with van der Waals surface area (Å²) in [5.74, 6) is -6.32. The van der Waals surface area contributed by atoms with E-state index in [0.29, 0.717) is 6.42 Å². The standard InChI is InChI=1S/C16H29N7O9/c17-7(2-1-3-20-16(18)19)12(28)22-9(5-24)14(30)23-10(6-25)13(29)21-8(15(31)32)4-11(26)27/h7-10,24-25H,1-6,17H2,(H,21,29)(H,22,28)(H,23,30)(H,26,27)(H,31,32)(H4,18,19,20). The predicted molar refractivity (Wildman–Crippen MR) is 108 cm³/mol. The molecule has 0 aromatic carbocycles.